The molecule has 2 aliphatic heterocycles. The summed E-state index contributed by atoms with van der Waals surface area (Å²) < 4.78 is 2.02. The molecule has 0 bridgehead atoms. The monoisotopic (exact) mass is 312 g/mol. The second kappa shape index (κ2) is 6.08. The number of rotatable bonds is 4. The zero-order valence-corrected chi connectivity index (χ0v) is 13.0. The normalized spacial score (nSPS) is 22.2. The van der Waals surface area contributed by atoms with Crippen molar-refractivity contribution in [1.29, 1.82) is 0 Å². The van der Waals surface area contributed by atoms with Crippen molar-refractivity contribution < 1.29 is 4.79 Å². The Morgan fingerprint density at radius 1 is 1.17 bits per heavy atom. The average molecular weight is 312 g/mol. The maximum Gasteiger partial charge on any atom is 0.227 e. The van der Waals surface area contributed by atoms with E-state index in [2.05, 4.69) is 20.0 Å². The van der Waals surface area contributed by atoms with Crippen molar-refractivity contribution in [2.45, 2.75) is 31.8 Å². The molecule has 2 saturated heterocycles. The van der Waals surface area contributed by atoms with Crippen LogP contribution in [0.25, 0.3) is 0 Å². The number of amides is 1. The number of aromatic nitrogens is 4. The predicted octanol–water partition coefficient (Wildman–Crippen LogP) is 1.25. The van der Waals surface area contributed by atoms with E-state index in [4.69, 9.17) is 0 Å². The molecule has 0 aliphatic carbocycles. The number of anilines is 1. The Morgan fingerprint density at radius 3 is 2.83 bits per heavy atom. The molecule has 0 saturated carbocycles. The number of likely N-dealkylation sites (tertiary alicyclic amines) is 1. The Morgan fingerprint density at radius 2 is 2.04 bits per heavy atom. The van der Waals surface area contributed by atoms with E-state index in [9.17, 15) is 4.79 Å². The second-order valence-electron chi connectivity index (χ2n) is 6.25. The van der Waals surface area contributed by atoms with Gasteiger partial charge in [-0.05, 0) is 12.8 Å². The highest BCUT2D eigenvalue weighted by atomic mass is 16.2. The molecule has 0 N–H and O–H groups in total. The highest BCUT2D eigenvalue weighted by Crippen LogP contribution is 2.26. The van der Waals surface area contributed by atoms with E-state index in [-0.39, 0.29) is 5.91 Å². The van der Waals surface area contributed by atoms with Crippen molar-refractivity contribution in [1.82, 2.24) is 24.6 Å². The molecule has 1 amide bonds. The maximum atomic E-state index is 11.8. The van der Waals surface area contributed by atoms with Crippen LogP contribution in [0, 0.1) is 0 Å². The number of hydrogen-bond donors (Lipinski definition) is 0. The van der Waals surface area contributed by atoms with Gasteiger partial charge in [0.1, 0.15) is 6.33 Å². The minimum Gasteiger partial charge on any atom is -0.309 e. The van der Waals surface area contributed by atoms with Crippen LogP contribution in [0.3, 0.4) is 0 Å². The Kier molecular flexibility index (Phi) is 3.78. The van der Waals surface area contributed by atoms with Gasteiger partial charge in [0.25, 0.3) is 0 Å². The van der Waals surface area contributed by atoms with Crippen molar-refractivity contribution in [2.75, 3.05) is 24.5 Å². The SMILES string of the molecule is O=C1CCCN1c1cnn(C2CCN(Cc3cncnc3)C2)c1. The van der Waals surface area contributed by atoms with Gasteiger partial charge in [0, 0.05) is 56.8 Å². The standard InChI is InChI=1S/C16H20N6O/c23-16-2-1-4-21(16)15-8-19-22(11-15)14-3-5-20(10-14)9-13-6-17-12-18-7-13/h6-8,11-12,14H,1-5,9-10H2. The topological polar surface area (TPSA) is 67.2 Å². The van der Waals surface area contributed by atoms with Crippen LogP contribution in [0.5, 0.6) is 0 Å². The fraction of sp³-hybridized carbons (Fsp3) is 0.500. The lowest BCUT2D eigenvalue weighted by molar-refractivity contribution is -0.117. The molecule has 2 aromatic heterocycles. The quantitative estimate of drug-likeness (QED) is 0.850. The summed E-state index contributed by atoms with van der Waals surface area (Å²) in [7, 11) is 0. The molecule has 1 atom stereocenters. The van der Waals surface area contributed by atoms with Gasteiger partial charge in [0.15, 0.2) is 0 Å². The molecule has 2 fully saturated rings. The third-order valence-electron chi connectivity index (χ3n) is 4.61. The Hall–Kier alpha value is -2.28. The molecule has 4 heterocycles. The van der Waals surface area contributed by atoms with Gasteiger partial charge in [0.05, 0.1) is 17.9 Å². The summed E-state index contributed by atoms with van der Waals surface area (Å²) in [6.07, 6.45) is 11.8. The minimum atomic E-state index is 0.210. The summed E-state index contributed by atoms with van der Waals surface area (Å²) >= 11 is 0. The van der Waals surface area contributed by atoms with Gasteiger partial charge in [-0.15, -0.1) is 0 Å². The molecule has 1 unspecified atom stereocenters. The van der Waals surface area contributed by atoms with E-state index >= 15 is 0 Å². The first-order valence-electron chi connectivity index (χ1n) is 8.10. The summed E-state index contributed by atoms with van der Waals surface area (Å²) in [5.41, 5.74) is 2.07. The summed E-state index contributed by atoms with van der Waals surface area (Å²) in [5.74, 6) is 0.210. The van der Waals surface area contributed by atoms with Crippen LogP contribution >= 0.6 is 0 Å². The van der Waals surface area contributed by atoms with E-state index in [1.54, 1.807) is 6.33 Å². The molecule has 7 nitrogen and oxygen atoms in total. The molecule has 4 rings (SSSR count). The van der Waals surface area contributed by atoms with Crippen molar-refractivity contribution in [2.24, 2.45) is 0 Å². The number of nitrogens with zero attached hydrogens (tertiary/aromatic N) is 6. The summed E-state index contributed by atoms with van der Waals surface area (Å²) in [4.78, 5) is 24.2. The largest absolute Gasteiger partial charge is 0.309 e. The summed E-state index contributed by atoms with van der Waals surface area (Å²) in [5, 5.41) is 4.49. The molecule has 7 heteroatoms. The van der Waals surface area contributed by atoms with Crippen molar-refractivity contribution in [3.8, 4) is 0 Å². The molecule has 0 aromatic carbocycles. The van der Waals surface area contributed by atoms with E-state index in [0.29, 0.717) is 12.5 Å². The zero-order chi connectivity index (χ0) is 15.6. The lowest BCUT2D eigenvalue weighted by Crippen LogP contribution is -2.23. The number of hydrogen-bond acceptors (Lipinski definition) is 5. The lowest BCUT2D eigenvalue weighted by atomic mass is 10.3. The molecular formula is C16H20N6O. The van der Waals surface area contributed by atoms with Crippen LogP contribution in [0.15, 0.2) is 31.1 Å². The molecule has 2 aromatic rings. The van der Waals surface area contributed by atoms with Crippen molar-refractivity contribution >= 4 is 11.6 Å². The Balaban J connectivity index is 1.40. The predicted molar refractivity (Wildman–Crippen MR) is 84.8 cm³/mol. The van der Waals surface area contributed by atoms with Crippen LogP contribution < -0.4 is 4.90 Å². The van der Waals surface area contributed by atoms with Gasteiger partial charge < -0.3 is 4.90 Å². The van der Waals surface area contributed by atoms with Gasteiger partial charge in [-0.3, -0.25) is 14.4 Å². The Bertz CT molecular complexity index is 685. The van der Waals surface area contributed by atoms with Gasteiger partial charge >= 0.3 is 0 Å². The van der Waals surface area contributed by atoms with E-state index in [1.165, 1.54) is 0 Å². The van der Waals surface area contributed by atoms with Crippen molar-refractivity contribution in [3.63, 3.8) is 0 Å². The molecule has 0 spiro atoms. The van der Waals surface area contributed by atoms with Gasteiger partial charge in [-0.1, -0.05) is 0 Å². The first-order chi connectivity index (χ1) is 11.3. The van der Waals surface area contributed by atoms with E-state index in [1.807, 2.05) is 34.4 Å². The summed E-state index contributed by atoms with van der Waals surface area (Å²) in [6.45, 7) is 3.69. The molecule has 120 valence electrons. The lowest BCUT2D eigenvalue weighted by Gasteiger charge is -2.16. The van der Waals surface area contributed by atoms with Crippen LogP contribution in [0.4, 0.5) is 5.69 Å². The van der Waals surface area contributed by atoms with E-state index in [0.717, 1.165) is 50.3 Å². The van der Waals surface area contributed by atoms with Crippen molar-refractivity contribution in [3.05, 3.63) is 36.7 Å². The highest BCUT2D eigenvalue weighted by molar-refractivity contribution is 5.95. The average Bonchev–Trinajstić information content (AvgIpc) is 3.28. The number of carbonyl (C=O) groups excluding carboxylic acids is 1. The first kappa shape index (κ1) is 14.3. The first-order valence-corrected chi connectivity index (χ1v) is 8.10. The van der Waals surface area contributed by atoms with Gasteiger partial charge in [-0.25, -0.2) is 9.97 Å². The fourth-order valence-electron chi connectivity index (χ4n) is 3.43. The van der Waals surface area contributed by atoms with Crippen LogP contribution in [0.1, 0.15) is 30.9 Å². The van der Waals surface area contributed by atoms with Crippen LogP contribution in [0.2, 0.25) is 0 Å². The van der Waals surface area contributed by atoms with Gasteiger partial charge in [-0.2, -0.15) is 5.10 Å². The van der Waals surface area contributed by atoms with Crippen LogP contribution in [-0.2, 0) is 11.3 Å². The number of carbonyl (C=O) groups is 1. The molecule has 23 heavy (non-hydrogen) atoms. The highest BCUT2D eigenvalue weighted by Gasteiger charge is 2.27. The molecule has 2 aliphatic rings. The minimum absolute atomic E-state index is 0.210. The maximum absolute atomic E-state index is 11.8. The Labute approximate surface area is 134 Å². The molecule has 0 radical (unpaired) electrons. The van der Waals surface area contributed by atoms with Crippen LogP contribution in [-0.4, -0.2) is 50.2 Å². The van der Waals surface area contributed by atoms with E-state index < -0.39 is 0 Å². The fourth-order valence-corrected chi connectivity index (χ4v) is 3.43. The summed E-state index contributed by atoms with van der Waals surface area (Å²) in [6, 6.07) is 0.367. The smallest absolute Gasteiger partial charge is 0.227 e. The third kappa shape index (κ3) is 2.96. The van der Waals surface area contributed by atoms with Gasteiger partial charge in [0.2, 0.25) is 5.91 Å². The molecular weight excluding hydrogens is 292 g/mol. The zero-order valence-electron chi connectivity index (χ0n) is 13.0. The second-order valence-corrected chi connectivity index (χ2v) is 6.25. The third-order valence-corrected chi connectivity index (χ3v) is 4.61.